The summed E-state index contributed by atoms with van der Waals surface area (Å²) in [6, 6.07) is -1.14. The highest BCUT2D eigenvalue weighted by atomic mass is 32.1. The summed E-state index contributed by atoms with van der Waals surface area (Å²) < 4.78 is 5.04. The molecule has 0 aromatic carbocycles. The highest BCUT2D eigenvalue weighted by molar-refractivity contribution is 7.13. The number of rotatable bonds is 4. The summed E-state index contributed by atoms with van der Waals surface area (Å²) in [6.45, 7) is 6.49. The molecule has 3 N–H and O–H groups in total. The van der Waals surface area contributed by atoms with Gasteiger partial charge in [0.05, 0.1) is 6.10 Å². The third-order valence-corrected chi connectivity index (χ3v) is 2.63. The zero-order chi connectivity index (χ0) is 15.3. The maximum atomic E-state index is 12.0. The molecule has 112 valence electrons. The molecule has 1 aromatic rings. The van der Waals surface area contributed by atoms with E-state index in [9.17, 15) is 14.7 Å². The zero-order valence-corrected chi connectivity index (χ0v) is 12.5. The van der Waals surface area contributed by atoms with Crippen molar-refractivity contribution < 1.29 is 19.4 Å². The second-order valence-corrected chi connectivity index (χ2v) is 5.93. The van der Waals surface area contributed by atoms with Gasteiger partial charge >= 0.3 is 6.09 Å². The van der Waals surface area contributed by atoms with Crippen LogP contribution in [0.5, 0.6) is 0 Å². The number of aliphatic hydroxyl groups is 1. The first-order valence-corrected chi connectivity index (χ1v) is 6.81. The molecule has 0 bridgehead atoms. The highest BCUT2D eigenvalue weighted by Crippen LogP contribution is 2.10. The number of carbonyl (C=O) groups excluding carboxylic acids is 2. The monoisotopic (exact) mass is 302 g/mol. The molecule has 2 atom stereocenters. The molecule has 1 aromatic heterocycles. The number of aromatic nitrogens is 2. The van der Waals surface area contributed by atoms with Crippen molar-refractivity contribution in [2.75, 3.05) is 5.32 Å². The SMILES string of the molecule is CC(O)C(NC(=O)OC(C)(C)C)C(=O)Nc1nncs1. The Labute approximate surface area is 120 Å². The van der Waals surface area contributed by atoms with E-state index in [4.69, 9.17) is 4.74 Å². The van der Waals surface area contributed by atoms with Crippen molar-refractivity contribution in [3.8, 4) is 0 Å². The number of alkyl carbamates (subject to hydrolysis) is 1. The van der Waals surface area contributed by atoms with E-state index < -0.39 is 29.7 Å². The van der Waals surface area contributed by atoms with Crippen LogP contribution in [0.15, 0.2) is 5.51 Å². The normalized spacial score (nSPS) is 14.2. The van der Waals surface area contributed by atoms with Crippen molar-refractivity contribution in [3.05, 3.63) is 5.51 Å². The Morgan fingerprint density at radius 1 is 1.45 bits per heavy atom. The van der Waals surface area contributed by atoms with Crippen molar-refractivity contribution in [1.29, 1.82) is 0 Å². The summed E-state index contributed by atoms with van der Waals surface area (Å²) in [4.78, 5) is 23.6. The number of carbonyl (C=O) groups is 2. The summed E-state index contributed by atoms with van der Waals surface area (Å²) in [5, 5.41) is 21.9. The van der Waals surface area contributed by atoms with Crippen LogP contribution in [-0.4, -0.2) is 45.1 Å². The fourth-order valence-electron chi connectivity index (χ4n) is 1.25. The Kier molecular flexibility index (Phi) is 5.40. The summed E-state index contributed by atoms with van der Waals surface area (Å²) in [5.41, 5.74) is 0.761. The lowest BCUT2D eigenvalue weighted by Crippen LogP contribution is -2.51. The molecule has 8 nitrogen and oxygen atoms in total. The summed E-state index contributed by atoms with van der Waals surface area (Å²) >= 11 is 1.13. The maximum Gasteiger partial charge on any atom is 0.408 e. The molecule has 0 aliphatic rings. The number of ether oxygens (including phenoxy) is 1. The Morgan fingerprint density at radius 3 is 2.55 bits per heavy atom. The van der Waals surface area contributed by atoms with Crippen LogP contribution in [-0.2, 0) is 9.53 Å². The highest BCUT2D eigenvalue weighted by Gasteiger charge is 2.28. The number of anilines is 1. The number of aliphatic hydroxyl groups excluding tert-OH is 1. The Bertz CT molecular complexity index is 455. The van der Waals surface area contributed by atoms with Crippen molar-refractivity contribution in [2.24, 2.45) is 0 Å². The Morgan fingerprint density at radius 2 is 2.10 bits per heavy atom. The van der Waals surface area contributed by atoms with E-state index in [0.717, 1.165) is 11.3 Å². The minimum Gasteiger partial charge on any atom is -0.444 e. The van der Waals surface area contributed by atoms with Gasteiger partial charge in [0, 0.05) is 0 Å². The van der Waals surface area contributed by atoms with Crippen molar-refractivity contribution in [2.45, 2.75) is 45.4 Å². The van der Waals surface area contributed by atoms with Gasteiger partial charge in [0.1, 0.15) is 17.2 Å². The van der Waals surface area contributed by atoms with Crippen LogP contribution in [0.3, 0.4) is 0 Å². The minimum atomic E-state index is -1.14. The van der Waals surface area contributed by atoms with Gasteiger partial charge in [-0.15, -0.1) is 10.2 Å². The lowest BCUT2D eigenvalue weighted by atomic mass is 10.1. The number of hydrogen-bond acceptors (Lipinski definition) is 7. The largest absolute Gasteiger partial charge is 0.444 e. The van der Waals surface area contributed by atoms with E-state index in [2.05, 4.69) is 20.8 Å². The molecular formula is C11H18N4O4S. The number of nitrogens with one attached hydrogen (secondary N) is 2. The third-order valence-electron chi connectivity index (χ3n) is 2.03. The van der Waals surface area contributed by atoms with E-state index in [1.807, 2.05) is 0 Å². The zero-order valence-electron chi connectivity index (χ0n) is 11.7. The fourth-order valence-corrected chi connectivity index (χ4v) is 1.70. The predicted octanol–water partition coefficient (Wildman–Crippen LogP) is 0.751. The molecule has 2 unspecified atom stereocenters. The Balaban J connectivity index is 2.64. The van der Waals surface area contributed by atoms with E-state index in [-0.39, 0.29) is 5.13 Å². The number of nitrogens with zero attached hydrogens (tertiary/aromatic N) is 2. The van der Waals surface area contributed by atoms with Crippen LogP contribution in [0.4, 0.5) is 9.93 Å². The lowest BCUT2D eigenvalue weighted by Gasteiger charge is -2.24. The van der Waals surface area contributed by atoms with Gasteiger partial charge in [0.2, 0.25) is 5.13 Å². The molecule has 0 saturated carbocycles. The molecule has 1 heterocycles. The van der Waals surface area contributed by atoms with Gasteiger partial charge in [-0.05, 0) is 27.7 Å². The Hall–Kier alpha value is -1.74. The number of hydrogen-bond donors (Lipinski definition) is 3. The first-order valence-electron chi connectivity index (χ1n) is 5.93. The fraction of sp³-hybridized carbons (Fsp3) is 0.636. The molecule has 0 aliphatic carbocycles. The van der Waals surface area contributed by atoms with Crippen LogP contribution < -0.4 is 10.6 Å². The van der Waals surface area contributed by atoms with Crippen LogP contribution in [0.2, 0.25) is 0 Å². The summed E-state index contributed by atoms with van der Waals surface area (Å²) in [5.74, 6) is -0.595. The molecule has 0 spiro atoms. The van der Waals surface area contributed by atoms with E-state index in [1.165, 1.54) is 12.4 Å². The van der Waals surface area contributed by atoms with Crippen LogP contribution in [0, 0.1) is 0 Å². The third kappa shape index (κ3) is 5.49. The number of amides is 2. The van der Waals surface area contributed by atoms with Gasteiger partial charge in [-0.2, -0.15) is 0 Å². The molecule has 0 aliphatic heterocycles. The van der Waals surface area contributed by atoms with Crippen LogP contribution in [0.1, 0.15) is 27.7 Å². The van der Waals surface area contributed by atoms with Crippen LogP contribution >= 0.6 is 11.3 Å². The molecule has 2 amide bonds. The molecule has 9 heteroatoms. The lowest BCUT2D eigenvalue weighted by molar-refractivity contribution is -0.120. The molecule has 0 radical (unpaired) electrons. The molecular weight excluding hydrogens is 284 g/mol. The van der Waals surface area contributed by atoms with E-state index in [1.54, 1.807) is 20.8 Å². The molecule has 1 rings (SSSR count). The van der Waals surface area contributed by atoms with E-state index in [0.29, 0.717) is 0 Å². The van der Waals surface area contributed by atoms with Crippen LogP contribution in [0.25, 0.3) is 0 Å². The van der Waals surface area contributed by atoms with Gasteiger partial charge in [-0.1, -0.05) is 11.3 Å². The molecule has 0 fully saturated rings. The predicted molar refractivity (Wildman–Crippen MR) is 73.4 cm³/mol. The van der Waals surface area contributed by atoms with Gasteiger partial charge in [-0.25, -0.2) is 4.79 Å². The van der Waals surface area contributed by atoms with Gasteiger partial charge in [0.15, 0.2) is 0 Å². The minimum absolute atomic E-state index is 0.284. The van der Waals surface area contributed by atoms with Crippen molar-refractivity contribution in [3.63, 3.8) is 0 Å². The molecule has 20 heavy (non-hydrogen) atoms. The van der Waals surface area contributed by atoms with Crippen molar-refractivity contribution in [1.82, 2.24) is 15.5 Å². The summed E-state index contributed by atoms with van der Waals surface area (Å²) in [7, 11) is 0. The maximum absolute atomic E-state index is 12.0. The average molecular weight is 302 g/mol. The second-order valence-electron chi connectivity index (χ2n) is 5.10. The quantitative estimate of drug-likeness (QED) is 0.756. The standard InChI is InChI=1S/C11H18N4O4S/c1-6(16)7(13-10(18)19-11(2,3)4)8(17)14-9-15-12-5-20-9/h5-7,16H,1-4H3,(H,13,18)(H,14,15,17). The topological polar surface area (TPSA) is 113 Å². The van der Waals surface area contributed by atoms with Gasteiger partial charge in [0.25, 0.3) is 5.91 Å². The first kappa shape index (κ1) is 16.3. The summed E-state index contributed by atoms with van der Waals surface area (Å²) in [6.07, 6.45) is -1.87. The smallest absolute Gasteiger partial charge is 0.408 e. The average Bonchev–Trinajstić information content (AvgIpc) is 2.75. The van der Waals surface area contributed by atoms with Gasteiger partial charge < -0.3 is 15.2 Å². The van der Waals surface area contributed by atoms with E-state index >= 15 is 0 Å². The van der Waals surface area contributed by atoms with Crippen molar-refractivity contribution >= 4 is 28.5 Å². The molecule has 0 saturated heterocycles. The first-order chi connectivity index (χ1) is 9.19. The second kappa shape index (κ2) is 6.62. The van der Waals surface area contributed by atoms with Gasteiger partial charge in [-0.3, -0.25) is 10.1 Å².